The molecule has 4 amide bonds. The number of nitrogens with one attached hydrogen (secondary N) is 2. The van der Waals surface area contributed by atoms with Crippen LogP contribution in [-0.2, 0) is 19.9 Å². The highest BCUT2D eigenvalue weighted by Crippen LogP contribution is 2.30. The summed E-state index contributed by atoms with van der Waals surface area (Å²) < 4.78 is 20.0. The Labute approximate surface area is 191 Å². The van der Waals surface area contributed by atoms with Gasteiger partial charge in [0.25, 0.3) is 5.91 Å². The van der Waals surface area contributed by atoms with Crippen LogP contribution in [0.3, 0.4) is 0 Å². The highest BCUT2D eigenvalue weighted by atomic mass is 19.1. The van der Waals surface area contributed by atoms with Crippen LogP contribution in [0.4, 0.5) is 20.6 Å². The van der Waals surface area contributed by atoms with Crippen LogP contribution >= 0.6 is 0 Å². The molecule has 0 spiro atoms. The number of rotatable bonds is 5. The van der Waals surface area contributed by atoms with Crippen molar-refractivity contribution >= 4 is 29.2 Å². The van der Waals surface area contributed by atoms with Crippen molar-refractivity contribution in [2.45, 2.75) is 38.5 Å². The Balaban J connectivity index is 1.40. The molecule has 3 atom stereocenters. The Morgan fingerprint density at radius 2 is 1.76 bits per heavy atom. The molecule has 2 aliphatic heterocycles. The third kappa shape index (κ3) is 4.54. The zero-order valence-electron chi connectivity index (χ0n) is 18.8. The fourth-order valence-electron chi connectivity index (χ4n) is 4.38. The fraction of sp³-hybridized carbons (Fsp3) is 0.375. The topological polar surface area (TPSA) is 91.0 Å². The molecule has 0 radical (unpaired) electrons. The third-order valence-corrected chi connectivity index (χ3v) is 5.93. The number of carbonyl (C=O) groups is 3. The maximum atomic E-state index is 14.3. The van der Waals surface area contributed by atoms with Gasteiger partial charge in [-0.2, -0.15) is 0 Å². The van der Waals surface area contributed by atoms with Crippen molar-refractivity contribution in [2.75, 3.05) is 29.9 Å². The van der Waals surface area contributed by atoms with E-state index in [1.807, 2.05) is 26.0 Å². The number of morpholine rings is 1. The maximum Gasteiger partial charge on any atom is 0.325 e. The Bertz CT molecular complexity index is 1070. The number of hydrogen-bond acceptors (Lipinski definition) is 5. The lowest BCUT2D eigenvalue weighted by molar-refractivity contribution is -0.133. The van der Waals surface area contributed by atoms with E-state index in [1.54, 1.807) is 18.2 Å². The van der Waals surface area contributed by atoms with Gasteiger partial charge >= 0.3 is 6.03 Å². The number of imide groups is 1. The molecule has 33 heavy (non-hydrogen) atoms. The molecule has 8 nitrogen and oxygen atoms in total. The predicted molar refractivity (Wildman–Crippen MR) is 121 cm³/mol. The number of anilines is 2. The lowest BCUT2D eigenvalue weighted by atomic mass is 9.91. The minimum Gasteiger partial charge on any atom is -0.372 e. The zero-order valence-corrected chi connectivity index (χ0v) is 18.8. The second kappa shape index (κ2) is 8.82. The first-order valence-electron chi connectivity index (χ1n) is 10.9. The minimum atomic E-state index is -1.57. The van der Waals surface area contributed by atoms with E-state index in [0.717, 1.165) is 23.7 Å². The molecule has 2 heterocycles. The van der Waals surface area contributed by atoms with Crippen molar-refractivity contribution in [2.24, 2.45) is 0 Å². The van der Waals surface area contributed by atoms with Gasteiger partial charge in [0, 0.05) is 30.0 Å². The molecular weight excluding hydrogens is 427 g/mol. The average molecular weight is 455 g/mol. The van der Waals surface area contributed by atoms with Gasteiger partial charge in [-0.15, -0.1) is 0 Å². The summed E-state index contributed by atoms with van der Waals surface area (Å²) in [6, 6.07) is 12.4. The summed E-state index contributed by atoms with van der Waals surface area (Å²) in [5.74, 6) is -1.82. The number of halogens is 1. The van der Waals surface area contributed by atoms with Crippen LogP contribution in [0.5, 0.6) is 0 Å². The fourth-order valence-corrected chi connectivity index (χ4v) is 4.38. The average Bonchev–Trinajstić information content (AvgIpc) is 2.97. The molecule has 0 bridgehead atoms. The van der Waals surface area contributed by atoms with Crippen LogP contribution in [0, 0.1) is 5.82 Å². The second-order valence-corrected chi connectivity index (χ2v) is 8.68. The van der Waals surface area contributed by atoms with Gasteiger partial charge in [-0.25, -0.2) is 9.18 Å². The van der Waals surface area contributed by atoms with Gasteiger partial charge in [0.1, 0.15) is 17.9 Å². The van der Waals surface area contributed by atoms with E-state index in [0.29, 0.717) is 5.69 Å². The minimum absolute atomic E-state index is 0.0496. The van der Waals surface area contributed by atoms with E-state index in [2.05, 4.69) is 15.5 Å². The standard InChI is InChI=1S/C24H27FN4O4/c1-15-12-28(13-16(2)33-15)18-10-8-17(9-11-18)26-21(30)14-29-22(31)24(3,27-23(29)32)19-6-4-5-7-20(19)25/h4-11,15-16H,12-14H2,1-3H3,(H,26,30)(H,27,32). The summed E-state index contributed by atoms with van der Waals surface area (Å²) in [5.41, 5.74) is 0.0388. The number of amides is 4. The molecule has 174 valence electrons. The molecule has 4 rings (SSSR count). The maximum absolute atomic E-state index is 14.3. The summed E-state index contributed by atoms with van der Waals surface area (Å²) in [6.07, 6.45) is 0.264. The highest BCUT2D eigenvalue weighted by molar-refractivity contribution is 6.10. The summed E-state index contributed by atoms with van der Waals surface area (Å²) in [6.45, 7) is 6.57. The molecule has 0 aromatic heterocycles. The van der Waals surface area contributed by atoms with Crippen molar-refractivity contribution < 1.29 is 23.5 Å². The Morgan fingerprint density at radius 3 is 2.39 bits per heavy atom. The molecule has 2 aromatic rings. The molecule has 2 aromatic carbocycles. The lowest BCUT2D eigenvalue weighted by Gasteiger charge is -2.36. The molecule has 2 saturated heterocycles. The van der Waals surface area contributed by atoms with Gasteiger partial charge in [0.2, 0.25) is 5.91 Å². The van der Waals surface area contributed by atoms with Crippen LogP contribution in [0.25, 0.3) is 0 Å². The van der Waals surface area contributed by atoms with E-state index in [9.17, 15) is 18.8 Å². The summed E-state index contributed by atoms with van der Waals surface area (Å²) >= 11 is 0. The first-order chi connectivity index (χ1) is 15.7. The second-order valence-electron chi connectivity index (χ2n) is 8.68. The van der Waals surface area contributed by atoms with Crippen LogP contribution in [0.15, 0.2) is 48.5 Å². The first-order valence-corrected chi connectivity index (χ1v) is 10.9. The monoisotopic (exact) mass is 454 g/mol. The third-order valence-electron chi connectivity index (χ3n) is 5.93. The van der Waals surface area contributed by atoms with Crippen molar-refractivity contribution in [3.63, 3.8) is 0 Å². The van der Waals surface area contributed by atoms with Crippen molar-refractivity contribution in [3.8, 4) is 0 Å². The van der Waals surface area contributed by atoms with Gasteiger partial charge in [-0.05, 0) is 51.1 Å². The largest absolute Gasteiger partial charge is 0.372 e. The lowest BCUT2D eigenvalue weighted by Crippen LogP contribution is -2.45. The smallest absolute Gasteiger partial charge is 0.325 e. The molecule has 3 unspecified atom stereocenters. The van der Waals surface area contributed by atoms with E-state index in [1.165, 1.54) is 25.1 Å². The summed E-state index contributed by atoms with van der Waals surface area (Å²) in [7, 11) is 0. The number of nitrogens with zero attached hydrogens (tertiary/aromatic N) is 2. The highest BCUT2D eigenvalue weighted by Gasteiger charge is 2.50. The molecule has 0 saturated carbocycles. The van der Waals surface area contributed by atoms with E-state index >= 15 is 0 Å². The number of benzene rings is 2. The Hall–Kier alpha value is -3.46. The first kappa shape index (κ1) is 22.7. The van der Waals surface area contributed by atoms with Crippen LogP contribution in [0.1, 0.15) is 26.3 Å². The van der Waals surface area contributed by atoms with E-state index in [-0.39, 0.29) is 17.8 Å². The van der Waals surface area contributed by atoms with Gasteiger partial charge < -0.3 is 20.3 Å². The van der Waals surface area contributed by atoms with Crippen molar-refractivity contribution in [1.82, 2.24) is 10.2 Å². The predicted octanol–water partition coefficient (Wildman–Crippen LogP) is 2.85. The molecule has 2 fully saturated rings. The van der Waals surface area contributed by atoms with E-state index < -0.39 is 35.7 Å². The molecule has 2 aliphatic rings. The van der Waals surface area contributed by atoms with Crippen molar-refractivity contribution in [3.05, 3.63) is 59.9 Å². The number of urea groups is 1. The number of ether oxygens (including phenoxy) is 1. The normalized spacial score (nSPS) is 25.2. The van der Waals surface area contributed by atoms with Gasteiger partial charge in [-0.1, -0.05) is 18.2 Å². The SMILES string of the molecule is CC1CN(c2ccc(NC(=O)CN3C(=O)NC(C)(c4ccccc4F)C3=O)cc2)CC(C)O1. The summed E-state index contributed by atoms with van der Waals surface area (Å²) in [4.78, 5) is 40.9. The quantitative estimate of drug-likeness (QED) is 0.678. The number of hydrogen-bond donors (Lipinski definition) is 2. The molecule has 2 N–H and O–H groups in total. The van der Waals surface area contributed by atoms with Crippen LogP contribution in [0.2, 0.25) is 0 Å². The zero-order chi connectivity index (χ0) is 23.8. The molecular formula is C24H27FN4O4. The van der Waals surface area contributed by atoms with Crippen molar-refractivity contribution in [1.29, 1.82) is 0 Å². The van der Waals surface area contributed by atoms with Crippen LogP contribution < -0.4 is 15.5 Å². The Morgan fingerprint density at radius 1 is 1.12 bits per heavy atom. The number of carbonyl (C=O) groups excluding carboxylic acids is 3. The van der Waals surface area contributed by atoms with E-state index in [4.69, 9.17) is 4.74 Å². The van der Waals surface area contributed by atoms with Crippen LogP contribution in [-0.4, -0.2) is 54.6 Å². The van der Waals surface area contributed by atoms with Gasteiger partial charge in [0.05, 0.1) is 12.2 Å². The molecule has 0 aliphatic carbocycles. The molecule has 9 heteroatoms. The van der Waals surface area contributed by atoms with Gasteiger partial charge in [0.15, 0.2) is 0 Å². The Kier molecular flexibility index (Phi) is 6.07. The summed E-state index contributed by atoms with van der Waals surface area (Å²) in [5, 5.41) is 5.22. The van der Waals surface area contributed by atoms with Gasteiger partial charge in [-0.3, -0.25) is 14.5 Å².